The molecule has 3 amide bonds. The largest absolute Gasteiger partial charge is 0.272 e. The number of nitrogens with zero attached hydrogens (tertiary/aromatic N) is 3. The molecular weight excluding hydrogens is 362 g/mol. The van der Waals surface area contributed by atoms with Crippen molar-refractivity contribution in [2.24, 2.45) is 0 Å². The quantitative estimate of drug-likeness (QED) is 0.653. The van der Waals surface area contributed by atoms with Gasteiger partial charge in [0.2, 0.25) is 0 Å². The first kappa shape index (κ1) is 17.1. The summed E-state index contributed by atoms with van der Waals surface area (Å²) in [5.41, 5.74) is 2.08. The second kappa shape index (κ2) is 6.77. The van der Waals surface area contributed by atoms with Crippen molar-refractivity contribution in [3.63, 3.8) is 0 Å². The molecule has 0 atom stereocenters. The summed E-state index contributed by atoms with van der Waals surface area (Å²) >= 11 is 1.33. The molecule has 0 bridgehead atoms. The first-order chi connectivity index (χ1) is 13.1. The minimum atomic E-state index is -0.452. The third-order valence-electron chi connectivity index (χ3n) is 4.23. The number of aryl methyl sites for hydroxylation is 1. The first-order valence-electron chi connectivity index (χ1n) is 8.31. The van der Waals surface area contributed by atoms with Crippen molar-refractivity contribution in [1.82, 2.24) is 9.88 Å². The lowest BCUT2D eigenvalue weighted by Gasteiger charge is -2.22. The fraction of sp³-hybridized carbons (Fsp3) is 0.100. The van der Waals surface area contributed by atoms with Gasteiger partial charge in [0.05, 0.1) is 22.5 Å². The molecule has 0 saturated carbocycles. The van der Waals surface area contributed by atoms with Crippen LogP contribution in [0.2, 0.25) is 0 Å². The smallest absolute Gasteiger partial charge is 0.262 e. The van der Waals surface area contributed by atoms with E-state index in [2.05, 4.69) is 4.98 Å². The molecule has 0 radical (unpaired) electrons. The molecule has 6 nitrogen and oxygen atoms in total. The zero-order chi connectivity index (χ0) is 19.0. The number of hydrogen-bond donors (Lipinski definition) is 0. The van der Waals surface area contributed by atoms with Gasteiger partial charge in [0.25, 0.3) is 17.7 Å². The van der Waals surface area contributed by atoms with Crippen LogP contribution in [-0.4, -0.2) is 34.2 Å². The highest BCUT2D eigenvalue weighted by atomic mass is 32.1. The van der Waals surface area contributed by atoms with Crippen molar-refractivity contribution in [3.05, 3.63) is 76.8 Å². The molecule has 134 valence electrons. The summed E-state index contributed by atoms with van der Waals surface area (Å²) in [6, 6.07) is 15.7. The molecule has 0 saturated heterocycles. The maximum Gasteiger partial charge on any atom is 0.262 e. The Bertz CT molecular complexity index is 1010. The van der Waals surface area contributed by atoms with Crippen LogP contribution < -0.4 is 4.90 Å². The van der Waals surface area contributed by atoms with E-state index in [1.165, 1.54) is 16.2 Å². The highest BCUT2D eigenvalue weighted by molar-refractivity contribution is 7.14. The van der Waals surface area contributed by atoms with Crippen LogP contribution in [0.15, 0.2) is 60.0 Å². The van der Waals surface area contributed by atoms with E-state index in [1.807, 2.05) is 30.5 Å². The molecule has 1 aliphatic rings. The summed E-state index contributed by atoms with van der Waals surface area (Å²) in [6.07, 6.45) is 0. The number of anilines is 2. The van der Waals surface area contributed by atoms with E-state index >= 15 is 0 Å². The molecule has 0 fully saturated rings. The van der Waals surface area contributed by atoms with Gasteiger partial charge in [-0.1, -0.05) is 30.3 Å². The fourth-order valence-corrected chi connectivity index (χ4v) is 3.81. The number of hydrogen-bond acceptors (Lipinski definition) is 5. The molecule has 0 N–H and O–H groups in total. The summed E-state index contributed by atoms with van der Waals surface area (Å²) < 4.78 is 0. The van der Waals surface area contributed by atoms with Gasteiger partial charge < -0.3 is 0 Å². The molecule has 0 spiro atoms. The van der Waals surface area contributed by atoms with E-state index in [9.17, 15) is 14.4 Å². The van der Waals surface area contributed by atoms with Crippen LogP contribution in [0.4, 0.5) is 10.8 Å². The lowest BCUT2D eigenvalue weighted by molar-refractivity contribution is -0.118. The van der Waals surface area contributed by atoms with Gasteiger partial charge in [0.1, 0.15) is 6.54 Å². The third kappa shape index (κ3) is 3.02. The number of carbonyl (C=O) groups excluding carboxylic acids is 3. The Hall–Kier alpha value is -3.32. The average molecular weight is 377 g/mol. The Labute approximate surface area is 159 Å². The van der Waals surface area contributed by atoms with Crippen molar-refractivity contribution in [2.45, 2.75) is 6.92 Å². The van der Waals surface area contributed by atoms with E-state index in [0.29, 0.717) is 21.9 Å². The van der Waals surface area contributed by atoms with Gasteiger partial charge in [-0.3, -0.25) is 24.2 Å². The lowest BCUT2D eigenvalue weighted by Crippen LogP contribution is -2.41. The Balaban J connectivity index is 1.66. The third-order valence-corrected chi connectivity index (χ3v) is 5.18. The molecular formula is C20H15N3O3S. The monoisotopic (exact) mass is 377 g/mol. The normalized spacial score (nSPS) is 13.0. The topological polar surface area (TPSA) is 70.6 Å². The predicted molar refractivity (Wildman–Crippen MR) is 102 cm³/mol. The number of para-hydroxylation sites is 1. The van der Waals surface area contributed by atoms with Crippen molar-refractivity contribution in [3.8, 4) is 0 Å². The molecule has 2 heterocycles. The first-order valence-corrected chi connectivity index (χ1v) is 9.19. The Kier molecular flexibility index (Phi) is 4.29. The van der Waals surface area contributed by atoms with E-state index in [1.54, 1.807) is 36.4 Å². The van der Waals surface area contributed by atoms with Crippen LogP contribution in [0, 0.1) is 6.92 Å². The molecule has 4 rings (SSSR count). The highest BCUT2D eigenvalue weighted by Gasteiger charge is 2.37. The summed E-state index contributed by atoms with van der Waals surface area (Å²) in [5, 5.41) is 2.35. The lowest BCUT2D eigenvalue weighted by atomic mass is 10.1. The second-order valence-corrected chi connectivity index (χ2v) is 6.91. The van der Waals surface area contributed by atoms with Crippen LogP contribution in [0.25, 0.3) is 0 Å². The van der Waals surface area contributed by atoms with Gasteiger partial charge in [0.15, 0.2) is 5.13 Å². The summed E-state index contributed by atoms with van der Waals surface area (Å²) in [7, 11) is 0. The molecule has 3 aromatic rings. The predicted octanol–water partition coefficient (Wildman–Crippen LogP) is 3.41. The maximum atomic E-state index is 13.1. The number of rotatable bonds is 4. The molecule has 0 unspecified atom stereocenters. The van der Waals surface area contributed by atoms with Crippen molar-refractivity contribution < 1.29 is 14.4 Å². The molecule has 0 aliphatic carbocycles. The Morgan fingerprint density at radius 3 is 2.15 bits per heavy atom. The van der Waals surface area contributed by atoms with Gasteiger partial charge in [-0.25, -0.2) is 4.98 Å². The summed E-state index contributed by atoms with van der Waals surface area (Å²) in [5.74, 6) is -1.30. The van der Waals surface area contributed by atoms with Crippen LogP contribution in [0.3, 0.4) is 0 Å². The van der Waals surface area contributed by atoms with Crippen LogP contribution in [0.5, 0.6) is 0 Å². The fourth-order valence-electron chi connectivity index (χ4n) is 2.97. The number of carbonyl (C=O) groups is 3. The number of thiazole rings is 1. The summed E-state index contributed by atoms with van der Waals surface area (Å²) in [6.45, 7) is 1.50. The van der Waals surface area contributed by atoms with E-state index < -0.39 is 17.7 Å². The maximum absolute atomic E-state index is 13.1. The average Bonchev–Trinajstić information content (AvgIpc) is 3.20. The molecule has 7 heteroatoms. The van der Waals surface area contributed by atoms with E-state index in [-0.39, 0.29) is 6.54 Å². The highest BCUT2D eigenvalue weighted by Crippen LogP contribution is 2.30. The van der Waals surface area contributed by atoms with Crippen LogP contribution in [-0.2, 0) is 4.79 Å². The van der Waals surface area contributed by atoms with E-state index in [4.69, 9.17) is 0 Å². The minimum absolute atomic E-state index is 0.326. The number of fused-ring (bicyclic) bond motifs is 1. The summed E-state index contributed by atoms with van der Waals surface area (Å²) in [4.78, 5) is 45.1. The molecule has 1 aromatic heterocycles. The van der Waals surface area contributed by atoms with Gasteiger partial charge >= 0.3 is 0 Å². The van der Waals surface area contributed by atoms with Crippen LogP contribution >= 0.6 is 11.3 Å². The Morgan fingerprint density at radius 2 is 1.59 bits per heavy atom. The molecule has 1 aliphatic heterocycles. The van der Waals surface area contributed by atoms with Crippen molar-refractivity contribution >= 4 is 39.9 Å². The number of amides is 3. The van der Waals surface area contributed by atoms with Gasteiger partial charge in [-0.2, -0.15) is 0 Å². The van der Waals surface area contributed by atoms with Crippen molar-refractivity contribution in [1.29, 1.82) is 0 Å². The number of aromatic nitrogens is 1. The molecule has 2 aromatic carbocycles. The van der Waals surface area contributed by atoms with E-state index in [0.717, 1.165) is 10.6 Å². The zero-order valence-electron chi connectivity index (χ0n) is 14.5. The van der Waals surface area contributed by atoms with Gasteiger partial charge in [-0.15, -0.1) is 11.3 Å². The second-order valence-electron chi connectivity index (χ2n) is 6.08. The Morgan fingerprint density at radius 1 is 1.00 bits per heavy atom. The zero-order valence-corrected chi connectivity index (χ0v) is 15.3. The SMILES string of the molecule is Cc1csc(N(C(=O)CN2C(=O)c3ccccc3C2=O)c2ccccc2)n1. The van der Waals surface area contributed by atoms with Crippen LogP contribution in [0.1, 0.15) is 26.4 Å². The minimum Gasteiger partial charge on any atom is -0.272 e. The van der Waals surface area contributed by atoms with Gasteiger partial charge in [0, 0.05) is 5.38 Å². The number of imide groups is 1. The molecule has 27 heavy (non-hydrogen) atoms. The van der Waals surface area contributed by atoms with Gasteiger partial charge in [-0.05, 0) is 31.2 Å². The standard InChI is InChI=1S/C20H15N3O3S/c1-13-12-27-20(21-13)23(14-7-3-2-4-8-14)17(24)11-22-18(25)15-9-5-6-10-16(15)19(22)26/h2-10,12H,11H2,1H3. The number of benzene rings is 2. The van der Waals surface area contributed by atoms with Crippen molar-refractivity contribution in [2.75, 3.05) is 11.4 Å².